The molecule has 2 aromatic rings. The van der Waals surface area contributed by atoms with Gasteiger partial charge in [-0.2, -0.15) is 0 Å². The monoisotopic (exact) mass is 255 g/mol. The standard InChI is InChI=1S/C10H4F4N2.Al/c11-5-1-2-8-6(3-5)7(15)4-9(16-8)10(12,13)14;/h1-4H;. The molecule has 2 rings (SSSR count). The van der Waals surface area contributed by atoms with Crippen molar-refractivity contribution >= 4 is 32.7 Å². The van der Waals surface area contributed by atoms with Crippen LogP contribution in [0.25, 0.3) is 10.9 Å². The van der Waals surface area contributed by atoms with Crippen molar-refractivity contribution in [1.82, 2.24) is 4.98 Å². The SMILES string of the molecule is Fc1ccc2nc(C(F)(F)F)cc([N]=[Al])c2c1. The third kappa shape index (κ3) is 2.35. The number of halogens is 4. The Kier molecular flexibility index (Phi) is 2.98. The average molecular weight is 255 g/mol. The van der Waals surface area contributed by atoms with Gasteiger partial charge in [-0.1, -0.05) is 0 Å². The molecule has 0 atom stereocenters. The number of pyridine rings is 1. The molecule has 7 heteroatoms. The van der Waals surface area contributed by atoms with Crippen LogP contribution in [0, 0.1) is 5.82 Å². The fraction of sp³-hybridized carbons (Fsp3) is 0.100. The van der Waals surface area contributed by atoms with Crippen LogP contribution in [0.1, 0.15) is 5.69 Å². The van der Waals surface area contributed by atoms with Crippen LogP contribution >= 0.6 is 0 Å². The quantitative estimate of drug-likeness (QED) is 0.566. The van der Waals surface area contributed by atoms with Gasteiger partial charge in [0.05, 0.1) is 0 Å². The van der Waals surface area contributed by atoms with Crippen LogP contribution in [0.5, 0.6) is 0 Å². The number of hydrogen-bond donors (Lipinski definition) is 0. The van der Waals surface area contributed by atoms with E-state index in [1.54, 1.807) is 0 Å². The summed E-state index contributed by atoms with van der Waals surface area (Å²) in [5, 5.41) is 0.244. The van der Waals surface area contributed by atoms with Crippen molar-refractivity contribution < 1.29 is 17.6 Å². The summed E-state index contributed by atoms with van der Waals surface area (Å²) in [7, 11) is 0. The molecular weight excluding hydrogens is 251 g/mol. The molecule has 0 aliphatic carbocycles. The van der Waals surface area contributed by atoms with Gasteiger partial charge >= 0.3 is 101 Å². The molecule has 0 saturated carbocycles. The normalized spacial score (nSPS) is 11.7. The third-order valence-electron chi connectivity index (χ3n) is 2.18. The van der Waals surface area contributed by atoms with Crippen molar-refractivity contribution in [3.05, 3.63) is 35.8 Å². The second-order valence-corrected chi connectivity index (χ2v) is 3.57. The first-order chi connectivity index (χ1) is 7.91. The Morgan fingerprint density at radius 2 is 1.88 bits per heavy atom. The Morgan fingerprint density at radius 1 is 1.18 bits per heavy atom. The number of rotatable bonds is 1. The van der Waals surface area contributed by atoms with E-state index in [9.17, 15) is 17.6 Å². The number of nitrogens with zero attached hydrogens (tertiary/aromatic N) is 2. The van der Waals surface area contributed by atoms with E-state index < -0.39 is 17.7 Å². The fourth-order valence-electron chi connectivity index (χ4n) is 1.43. The van der Waals surface area contributed by atoms with Crippen LogP contribution in [0.4, 0.5) is 23.2 Å². The maximum absolute atomic E-state index is 13.0. The molecule has 0 bridgehead atoms. The molecule has 2 nitrogen and oxygen atoms in total. The zero-order chi connectivity index (χ0) is 12.6. The van der Waals surface area contributed by atoms with Crippen molar-refractivity contribution in [2.45, 2.75) is 6.18 Å². The summed E-state index contributed by atoms with van der Waals surface area (Å²) in [6.45, 7) is 0. The third-order valence-corrected chi connectivity index (χ3v) is 2.46. The summed E-state index contributed by atoms with van der Waals surface area (Å²) < 4.78 is 54.2. The molecule has 0 fully saturated rings. The molecule has 1 aromatic heterocycles. The molecule has 0 N–H and O–H groups in total. The number of alkyl halides is 3. The van der Waals surface area contributed by atoms with Crippen LogP contribution in [0.2, 0.25) is 0 Å². The average Bonchev–Trinajstić information content (AvgIpc) is 2.26. The predicted molar refractivity (Wildman–Crippen MR) is 54.5 cm³/mol. The Hall–Kier alpha value is -1.32. The Balaban J connectivity index is 2.79. The predicted octanol–water partition coefficient (Wildman–Crippen LogP) is 3.38. The van der Waals surface area contributed by atoms with Crippen LogP contribution in [0.3, 0.4) is 0 Å². The first-order valence-corrected chi connectivity index (χ1v) is 5.02. The molecule has 1 heterocycles. The molecule has 0 aliphatic heterocycles. The molecule has 0 saturated heterocycles. The van der Waals surface area contributed by atoms with Crippen LogP contribution < -0.4 is 0 Å². The summed E-state index contributed by atoms with van der Waals surface area (Å²) >= 11 is 1.95. The van der Waals surface area contributed by atoms with Crippen molar-refractivity contribution in [3.8, 4) is 0 Å². The van der Waals surface area contributed by atoms with Gasteiger partial charge in [-0.25, -0.2) is 0 Å². The van der Waals surface area contributed by atoms with Crippen molar-refractivity contribution in [2.24, 2.45) is 3.93 Å². The van der Waals surface area contributed by atoms with E-state index in [1.165, 1.54) is 6.07 Å². The van der Waals surface area contributed by atoms with Gasteiger partial charge in [0.2, 0.25) is 0 Å². The van der Waals surface area contributed by atoms with E-state index in [4.69, 9.17) is 0 Å². The van der Waals surface area contributed by atoms with E-state index in [1.807, 2.05) is 16.1 Å². The van der Waals surface area contributed by atoms with Crippen LogP contribution in [0.15, 0.2) is 28.2 Å². The molecule has 17 heavy (non-hydrogen) atoms. The van der Waals surface area contributed by atoms with Gasteiger partial charge in [0.15, 0.2) is 0 Å². The molecule has 1 aromatic carbocycles. The second kappa shape index (κ2) is 4.17. The van der Waals surface area contributed by atoms with E-state index in [-0.39, 0.29) is 16.6 Å². The van der Waals surface area contributed by atoms with Gasteiger partial charge in [0.1, 0.15) is 0 Å². The van der Waals surface area contributed by atoms with Gasteiger partial charge in [-0.05, 0) is 0 Å². The summed E-state index contributed by atoms with van der Waals surface area (Å²) in [5.41, 5.74) is -0.952. The van der Waals surface area contributed by atoms with Gasteiger partial charge in [0, 0.05) is 0 Å². The summed E-state index contributed by atoms with van der Waals surface area (Å²) in [5.74, 6) is -0.547. The summed E-state index contributed by atoms with van der Waals surface area (Å²) in [6.07, 6.45) is -4.55. The van der Waals surface area contributed by atoms with Crippen molar-refractivity contribution in [3.63, 3.8) is 0 Å². The Labute approximate surface area is 102 Å². The van der Waals surface area contributed by atoms with E-state index in [0.29, 0.717) is 0 Å². The fourth-order valence-corrected chi connectivity index (χ4v) is 1.65. The molecule has 85 valence electrons. The minimum absolute atomic E-state index is 0.0341. The number of aromatic nitrogens is 1. The zero-order valence-corrected chi connectivity index (χ0v) is 9.45. The molecule has 0 spiro atoms. The maximum atomic E-state index is 13.0. The van der Waals surface area contributed by atoms with Crippen LogP contribution in [-0.2, 0) is 6.18 Å². The summed E-state index contributed by atoms with van der Waals surface area (Å²) in [6, 6.07) is 4.14. The zero-order valence-electron chi connectivity index (χ0n) is 8.29. The summed E-state index contributed by atoms with van der Waals surface area (Å²) in [4.78, 5) is 3.44. The molecule has 0 unspecified atom stereocenters. The molecule has 0 aliphatic rings. The van der Waals surface area contributed by atoms with Gasteiger partial charge in [-0.15, -0.1) is 0 Å². The Bertz CT molecular complexity index is 595. The van der Waals surface area contributed by atoms with Crippen molar-refractivity contribution in [2.75, 3.05) is 0 Å². The molecule has 1 radical (unpaired) electrons. The number of benzene rings is 1. The van der Waals surface area contributed by atoms with Gasteiger partial charge in [0.25, 0.3) is 0 Å². The van der Waals surface area contributed by atoms with Gasteiger partial charge in [-0.3, -0.25) is 0 Å². The van der Waals surface area contributed by atoms with E-state index in [0.717, 1.165) is 18.2 Å². The van der Waals surface area contributed by atoms with E-state index in [2.05, 4.69) is 8.91 Å². The van der Waals surface area contributed by atoms with Crippen LogP contribution in [-0.4, -0.2) is 21.1 Å². The number of fused-ring (bicyclic) bond motifs is 1. The molecule has 0 amide bonds. The first-order valence-electron chi connectivity index (χ1n) is 4.50. The number of hydrogen-bond acceptors (Lipinski definition) is 2. The van der Waals surface area contributed by atoms with Crippen molar-refractivity contribution in [1.29, 1.82) is 0 Å². The topological polar surface area (TPSA) is 25.2 Å². The second-order valence-electron chi connectivity index (χ2n) is 3.31. The minimum atomic E-state index is -4.55. The Morgan fingerprint density at radius 3 is 2.47 bits per heavy atom. The van der Waals surface area contributed by atoms with E-state index >= 15 is 0 Å². The molecular formula is C10H4AlF4N2. The first kappa shape index (κ1) is 12.1. The van der Waals surface area contributed by atoms with Gasteiger partial charge < -0.3 is 0 Å².